The van der Waals surface area contributed by atoms with Gasteiger partial charge in [0.1, 0.15) is 0 Å². The molecule has 2 N–H and O–H groups in total. The van der Waals surface area contributed by atoms with Gasteiger partial charge in [0.05, 0.1) is 0 Å². The predicted octanol–water partition coefficient (Wildman–Crippen LogP) is 16.7. The number of rotatable bonds is 10. The molecule has 12 aromatic carbocycles. The van der Waals surface area contributed by atoms with Crippen molar-refractivity contribution < 1.29 is 26.7 Å². The number of benzene rings is 12. The third-order valence-corrected chi connectivity index (χ3v) is 15.2. The molecule has 89 heavy (non-hydrogen) atoms. The van der Waals surface area contributed by atoms with E-state index in [9.17, 15) is 0 Å². The number of fused-ring (bicyclic) bond motifs is 2. The molecule has 1 atom stereocenters. The summed E-state index contributed by atoms with van der Waals surface area (Å²) in [6.07, 6.45) is 0. The molecular weight excluding hydrogens is 1450 g/mol. The van der Waals surface area contributed by atoms with Crippen LogP contribution in [0.3, 0.4) is 0 Å². The number of aromatic nitrogens is 6. The third kappa shape index (κ3) is 16.5. The molecule has 8 nitrogen and oxygen atoms in total. The van der Waals surface area contributed by atoms with E-state index in [1.807, 2.05) is 176 Å². The van der Waals surface area contributed by atoms with Crippen molar-refractivity contribution >= 4 is 98.8 Å². The van der Waals surface area contributed by atoms with Crippen molar-refractivity contribution in [3.8, 4) is 102 Å². The Morgan fingerprint density at radius 2 is 0.584 bits per heavy atom. The normalized spacial score (nSPS) is 10.7. The van der Waals surface area contributed by atoms with Crippen molar-refractivity contribution in [1.82, 2.24) is 29.9 Å². The van der Waals surface area contributed by atoms with Crippen LogP contribution in [0.25, 0.3) is 123 Å². The van der Waals surface area contributed by atoms with Crippen molar-refractivity contribution in [3.63, 3.8) is 0 Å². The van der Waals surface area contributed by atoms with Gasteiger partial charge in [-0.25, -0.2) is 29.9 Å². The van der Waals surface area contributed by atoms with Crippen molar-refractivity contribution in [2.75, 3.05) is 0 Å². The van der Waals surface area contributed by atoms with Crippen LogP contribution in [0.4, 0.5) is 0 Å². The summed E-state index contributed by atoms with van der Waals surface area (Å²) in [5.41, 5.74) is 12.5. The van der Waals surface area contributed by atoms with Gasteiger partial charge in [0, 0.05) is 47.9 Å². The van der Waals surface area contributed by atoms with E-state index in [1.54, 1.807) is 12.1 Å². The molecular formula is C74H52BBrCl2I2N6O2P-. The topological polar surface area (TPSA) is 118 Å². The molecule has 0 spiro atoms. The molecule has 0 amide bonds. The van der Waals surface area contributed by atoms with Crippen molar-refractivity contribution in [2.45, 2.75) is 0 Å². The van der Waals surface area contributed by atoms with E-state index in [2.05, 4.69) is 160 Å². The minimum atomic E-state index is -1.41. The summed E-state index contributed by atoms with van der Waals surface area (Å²) >= 11 is 19.2. The van der Waals surface area contributed by atoms with E-state index in [1.165, 1.54) is 32.7 Å². The monoisotopic (exact) mass is 1500 g/mol. The molecule has 2 heterocycles. The van der Waals surface area contributed by atoms with Crippen LogP contribution in [-0.4, -0.2) is 47.1 Å². The number of nitrogens with zero attached hydrogens (tertiary/aromatic N) is 6. The molecule has 0 saturated carbocycles. The van der Waals surface area contributed by atoms with Crippen LogP contribution in [-0.2, 0) is 0 Å². The van der Waals surface area contributed by atoms with Gasteiger partial charge >= 0.3 is 49.3 Å². The molecule has 0 bridgehead atoms. The maximum absolute atomic E-state index is 9.08. The van der Waals surface area contributed by atoms with E-state index < -0.39 is 7.12 Å². The van der Waals surface area contributed by atoms with E-state index in [-0.39, 0.29) is 0 Å². The molecule has 0 aliphatic heterocycles. The quantitative estimate of drug-likeness (QED) is 0.0790. The Hall–Kier alpha value is -7.89. The van der Waals surface area contributed by atoms with Crippen LogP contribution in [0.5, 0.6) is 0 Å². The first-order valence-electron chi connectivity index (χ1n) is 28.0. The van der Waals surface area contributed by atoms with E-state index in [0.717, 1.165) is 60.1 Å². The molecule has 14 aromatic rings. The summed E-state index contributed by atoms with van der Waals surface area (Å²) in [6, 6.07) is 96.7. The second kappa shape index (κ2) is 30.6. The van der Waals surface area contributed by atoms with Gasteiger partial charge in [-0.1, -0.05) is 282 Å². The van der Waals surface area contributed by atoms with Gasteiger partial charge in [0.15, 0.2) is 34.9 Å². The summed E-state index contributed by atoms with van der Waals surface area (Å²) in [5, 5.41) is 24.3. The number of hydrogen-bond donors (Lipinski definition) is 2. The van der Waals surface area contributed by atoms with Crippen molar-refractivity contribution in [2.24, 2.45) is 0 Å². The molecule has 0 fully saturated rings. The van der Waals surface area contributed by atoms with Crippen LogP contribution in [0, 0.1) is 0 Å². The SMILES string of the molecule is Clc1cc(-c2ccc(-c3ccc4ccccc4c3)cc2)cc(-c2nc(-c3ccccc3)nc(-c3ccccc3)n2)c1.Clc1cc(Br)cc(-c2nc(-c3ccccc3)nc(-c3ccccc3)n2)c1.OB(O)c1ccc(-c2ccc3ccccc3c2)cc1.P[I-]I. The standard InChI is InChI=1S/C37H24ClN3.C21H13BrClN3.C16H13BO2.H2I2P/c38-34-23-32(27-17-15-26(16-18-27)31-20-19-25-9-7-8-14-30(25)21-31)22-33(24-34)37-40-35(28-10-3-1-4-11-28)39-36(41-37)29-12-5-2-6-13-29;22-17-11-16(12-18(23)13-17)21-25-19(14-7-3-1-4-8-14)24-20(26-21)15-9-5-2-6-10-15;18-17(19)16-9-7-13(8-10-16)15-6-5-12-3-1-2-4-14(12)11-15;1-2-3/h1-24H;1-13H;1-11,18-19H;3H2/q;;;-1. The Bertz CT molecular complexity index is 4550. The Labute approximate surface area is 557 Å². The van der Waals surface area contributed by atoms with Crippen molar-refractivity contribution in [1.29, 1.82) is 0 Å². The molecule has 0 radical (unpaired) electrons. The first-order chi connectivity index (χ1) is 43.5. The second-order valence-corrected chi connectivity index (χ2v) is 33.1. The summed E-state index contributed by atoms with van der Waals surface area (Å²) in [5.74, 6) is 3.66. The van der Waals surface area contributed by atoms with Crippen LogP contribution in [0.1, 0.15) is 0 Å². The molecule has 0 aliphatic carbocycles. The maximum atomic E-state index is 9.08. The van der Waals surface area contributed by atoms with Crippen LogP contribution in [0.15, 0.2) is 296 Å². The van der Waals surface area contributed by atoms with Gasteiger partial charge in [0.2, 0.25) is 0 Å². The van der Waals surface area contributed by atoms with E-state index in [0.29, 0.717) is 67.1 Å². The fourth-order valence-electron chi connectivity index (χ4n) is 9.88. The Balaban J connectivity index is 0.000000145. The number of hydrogen-bond acceptors (Lipinski definition) is 8. The fraction of sp³-hybridized carbons (Fsp3) is 0. The van der Waals surface area contributed by atoms with E-state index >= 15 is 0 Å². The zero-order valence-corrected chi connectivity index (χ0v) is 55.9. The van der Waals surface area contributed by atoms with Crippen LogP contribution < -0.4 is 22.1 Å². The van der Waals surface area contributed by atoms with Crippen LogP contribution in [0.2, 0.25) is 10.0 Å². The molecule has 15 heteroatoms. The molecule has 1 unspecified atom stereocenters. The van der Waals surface area contributed by atoms with Gasteiger partial charge in [0.25, 0.3) is 0 Å². The van der Waals surface area contributed by atoms with E-state index in [4.69, 9.17) is 48.2 Å². The Morgan fingerprint density at radius 3 is 0.944 bits per heavy atom. The summed E-state index contributed by atoms with van der Waals surface area (Å²) < 4.78 is 0.878. The van der Waals surface area contributed by atoms with Crippen LogP contribution >= 0.6 is 64.6 Å². The minimum absolute atomic E-state index is 0.477. The number of halogens is 5. The average Bonchev–Trinajstić information content (AvgIpc) is 1.34. The first-order valence-corrected chi connectivity index (χ1v) is 40.1. The van der Waals surface area contributed by atoms with Gasteiger partial charge < -0.3 is 10.0 Å². The first kappa shape index (κ1) is 62.7. The molecule has 14 rings (SSSR count). The van der Waals surface area contributed by atoms with Crippen molar-refractivity contribution in [3.05, 3.63) is 306 Å². The fourth-order valence-corrected chi connectivity index (χ4v) is 11.0. The summed E-state index contributed by atoms with van der Waals surface area (Å²) in [7, 11) is -1.41. The molecule has 2 aromatic heterocycles. The van der Waals surface area contributed by atoms with Gasteiger partial charge in [-0.05, 0) is 109 Å². The third-order valence-electron chi connectivity index (χ3n) is 14.3. The Kier molecular flexibility index (Phi) is 21.5. The van der Waals surface area contributed by atoms with Gasteiger partial charge in [-0.15, -0.1) is 0 Å². The van der Waals surface area contributed by atoms with Gasteiger partial charge in [-0.2, -0.15) is 0 Å². The zero-order valence-electron chi connectivity index (χ0n) is 47.3. The average molecular weight is 1500 g/mol. The Morgan fingerprint density at radius 1 is 0.303 bits per heavy atom. The van der Waals surface area contributed by atoms with Gasteiger partial charge in [-0.3, -0.25) is 0 Å². The molecule has 434 valence electrons. The second-order valence-electron chi connectivity index (χ2n) is 20.2. The zero-order chi connectivity index (χ0) is 61.5. The molecule has 0 aliphatic rings. The summed E-state index contributed by atoms with van der Waals surface area (Å²) in [4.78, 5) is 28.6. The molecule has 0 saturated heterocycles. The predicted molar refractivity (Wildman–Crippen MR) is 381 cm³/mol. The summed E-state index contributed by atoms with van der Waals surface area (Å²) in [6.45, 7) is 2.68.